The maximum absolute atomic E-state index is 12.1. The largest absolute Gasteiger partial charge is 0.481 e. The van der Waals surface area contributed by atoms with Crippen molar-refractivity contribution in [1.29, 1.82) is 0 Å². The van der Waals surface area contributed by atoms with Crippen LogP contribution in [0.2, 0.25) is 0 Å². The van der Waals surface area contributed by atoms with E-state index < -0.39 is 23.4 Å². The van der Waals surface area contributed by atoms with Crippen LogP contribution >= 0.6 is 11.3 Å². The number of carboxylic acid groups (broad SMARTS) is 1. The molecule has 0 aliphatic heterocycles. The Morgan fingerprint density at radius 1 is 1.54 bits per heavy atom. The highest BCUT2D eigenvalue weighted by molar-refractivity contribution is 7.10. The van der Waals surface area contributed by atoms with Crippen LogP contribution in [0.1, 0.15) is 10.4 Å². The number of aliphatic carboxylic acids is 1. The second-order valence-corrected chi connectivity index (χ2v) is 3.26. The van der Waals surface area contributed by atoms with Crippen molar-refractivity contribution >= 4 is 17.3 Å². The third kappa shape index (κ3) is 2.45. The maximum atomic E-state index is 12.1. The number of rotatable bonds is 2. The van der Waals surface area contributed by atoms with Gasteiger partial charge >= 0.3 is 12.1 Å². The molecule has 1 aromatic heterocycles. The minimum Gasteiger partial charge on any atom is -0.481 e. The minimum absolute atomic E-state index is 0.176. The van der Waals surface area contributed by atoms with Gasteiger partial charge < -0.3 is 5.11 Å². The Kier molecular flexibility index (Phi) is 2.60. The molecule has 0 saturated carbocycles. The molecule has 13 heavy (non-hydrogen) atoms. The molecular formula is C7H5F3O2S. The van der Waals surface area contributed by atoms with E-state index in [9.17, 15) is 18.0 Å². The first-order valence-corrected chi connectivity index (χ1v) is 4.14. The van der Waals surface area contributed by atoms with Crippen molar-refractivity contribution in [2.45, 2.75) is 12.6 Å². The first kappa shape index (κ1) is 10.0. The van der Waals surface area contributed by atoms with Gasteiger partial charge in [0.05, 0.1) is 6.42 Å². The van der Waals surface area contributed by atoms with E-state index in [1.807, 2.05) is 0 Å². The highest BCUT2D eigenvalue weighted by Crippen LogP contribution is 2.36. The van der Waals surface area contributed by atoms with E-state index in [4.69, 9.17) is 5.11 Å². The van der Waals surface area contributed by atoms with Gasteiger partial charge in [-0.3, -0.25) is 4.79 Å². The predicted molar refractivity (Wildman–Crippen MR) is 40.7 cm³/mol. The Morgan fingerprint density at radius 2 is 2.15 bits per heavy atom. The van der Waals surface area contributed by atoms with Gasteiger partial charge in [0.25, 0.3) is 0 Å². The SMILES string of the molecule is O=C(O)Cc1ccsc1C(F)(F)F. The van der Waals surface area contributed by atoms with Gasteiger partial charge in [-0.15, -0.1) is 11.3 Å². The Hall–Kier alpha value is -1.04. The molecule has 0 spiro atoms. The van der Waals surface area contributed by atoms with Crippen LogP contribution in [0.4, 0.5) is 13.2 Å². The number of carboxylic acids is 1. The molecule has 0 atom stereocenters. The van der Waals surface area contributed by atoms with Crippen LogP contribution in [-0.4, -0.2) is 11.1 Å². The lowest BCUT2D eigenvalue weighted by atomic mass is 10.2. The van der Waals surface area contributed by atoms with Crippen LogP contribution in [0.5, 0.6) is 0 Å². The van der Waals surface area contributed by atoms with E-state index in [0.717, 1.165) is 0 Å². The smallest absolute Gasteiger partial charge is 0.425 e. The molecular weight excluding hydrogens is 205 g/mol. The molecule has 0 aliphatic carbocycles. The maximum Gasteiger partial charge on any atom is 0.425 e. The van der Waals surface area contributed by atoms with Crippen molar-refractivity contribution in [3.63, 3.8) is 0 Å². The van der Waals surface area contributed by atoms with Gasteiger partial charge in [0, 0.05) is 0 Å². The van der Waals surface area contributed by atoms with Crippen molar-refractivity contribution in [3.8, 4) is 0 Å². The summed E-state index contributed by atoms with van der Waals surface area (Å²) in [5.74, 6) is -1.26. The summed E-state index contributed by atoms with van der Waals surface area (Å²) in [7, 11) is 0. The van der Waals surface area contributed by atoms with Crippen LogP contribution in [0.3, 0.4) is 0 Å². The molecule has 0 saturated heterocycles. The van der Waals surface area contributed by atoms with Crippen molar-refractivity contribution < 1.29 is 23.1 Å². The molecule has 1 aromatic rings. The summed E-state index contributed by atoms with van der Waals surface area (Å²) in [5.41, 5.74) is -0.176. The molecule has 0 aliphatic rings. The van der Waals surface area contributed by atoms with Gasteiger partial charge in [-0.05, 0) is 17.0 Å². The summed E-state index contributed by atoms with van der Waals surface area (Å²) in [6.45, 7) is 0. The summed E-state index contributed by atoms with van der Waals surface area (Å²) in [6.07, 6.45) is -5.03. The Balaban J connectivity index is 2.96. The third-order valence-corrected chi connectivity index (χ3v) is 2.35. The summed E-state index contributed by atoms with van der Waals surface area (Å²) in [6, 6.07) is 1.18. The van der Waals surface area contributed by atoms with Gasteiger partial charge in [0.2, 0.25) is 0 Å². The summed E-state index contributed by atoms with van der Waals surface area (Å²) >= 11 is 0.510. The second-order valence-electron chi connectivity index (χ2n) is 2.34. The predicted octanol–water partition coefficient (Wildman–Crippen LogP) is 2.39. The standard InChI is InChI=1S/C7H5F3O2S/c8-7(9,10)6-4(1-2-13-6)3-5(11)12/h1-2H,3H2,(H,11,12). The molecule has 1 heterocycles. The second kappa shape index (κ2) is 3.37. The zero-order valence-corrected chi connectivity index (χ0v) is 7.08. The molecule has 0 amide bonds. The van der Waals surface area contributed by atoms with Gasteiger partial charge in [0.1, 0.15) is 4.88 Å². The molecule has 1 rings (SSSR count). The lowest BCUT2D eigenvalue weighted by Crippen LogP contribution is -2.08. The van der Waals surface area contributed by atoms with Crippen LogP contribution in [-0.2, 0) is 17.4 Å². The quantitative estimate of drug-likeness (QED) is 0.813. The zero-order chi connectivity index (χ0) is 10.1. The number of hydrogen-bond acceptors (Lipinski definition) is 2. The van der Waals surface area contributed by atoms with E-state index in [1.165, 1.54) is 11.4 Å². The molecule has 2 nitrogen and oxygen atoms in total. The average Bonchev–Trinajstić information content (AvgIpc) is 2.31. The molecule has 0 fully saturated rings. The van der Waals surface area contributed by atoms with Gasteiger partial charge in [0.15, 0.2) is 0 Å². The van der Waals surface area contributed by atoms with Gasteiger partial charge in [-0.2, -0.15) is 13.2 Å². The third-order valence-electron chi connectivity index (χ3n) is 1.35. The lowest BCUT2D eigenvalue weighted by Gasteiger charge is -2.05. The fourth-order valence-electron chi connectivity index (χ4n) is 0.887. The van der Waals surface area contributed by atoms with Crippen LogP contribution < -0.4 is 0 Å². The normalized spacial score (nSPS) is 11.6. The zero-order valence-electron chi connectivity index (χ0n) is 6.26. The number of thiophene rings is 1. The summed E-state index contributed by atoms with van der Waals surface area (Å²) in [4.78, 5) is 9.36. The Bertz CT molecular complexity index is 316. The highest BCUT2D eigenvalue weighted by atomic mass is 32.1. The molecule has 72 valence electrons. The average molecular weight is 210 g/mol. The molecule has 0 bridgehead atoms. The summed E-state index contributed by atoms with van der Waals surface area (Å²) < 4.78 is 36.4. The molecule has 0 aromatic carbocycles. The van der Waals surface area contributed by atoms with Crippen LogP contribution in [0.25, 0.3) is 0 Å². The van der Waals surface area contributed by atoms with Crippen LogP contribution in [0.15, 0.2) is 11.4 Å². The van der Waals surface area contributed by atoms with E-state index in [1.54, 1.807) is 0 Å². The van der Waals surface area contributed by atoms with Crippen molar-refractivity contribution in [2.24, 2.45) is 0 Å². The fourth-order valence-corrected chi connectivity index (χ4v) is 1.68. The number of alkyl halides is 3. The van der Waals surface area contributed by atoms with Crippen molar-refractivity contribution in [3.05, 3.63) is 21.9 Å². The molecule has 0 radical (unpaired) electrons. The van der Waals surface area contributed by atoms with E-state index >= 15 is 0 Å². The first-order valence-electron chi connectivity index (χ1n) is 3.26. The monoisotopic (exact) mass is 210 g/mol. The minimum atomic E-state index is -4.45. The van der Waals surface area contributed by atoms with E-state index in [-0.39, 0.29) is 5.56 Å². The van der Waals surface area contributed by atoms with Crippen molar-refractivity contribution in [1.82, 2.24) is 0 Å². The Labute approximate surface area is 75.6 Å². The highest BCUT2D eigenvalue weighted by Gasteiger charge is 2.35. The fraction of sp³-hybridized carbons (Fsp3) is 0.286. The number of carbonyl (C=O) groups is 1. The van der Waals surface area contributed by atoms with E-state index in [2.05, 4.69) is 0 Å². The van der Waals surface area contributed by atoms with Gasteiger partial charge in [-0.25, -0.2) is 0 Å². The molecule has 6 heteroatoms. The van der Waals surface area contributed by atoms with Crippen molar-refractivity contribution in [2.75, 3.05) is 0 Å². The first-order chi connectivity index (χ1) is 5.91. The van der Waals surface area contributed by atoms with Crippen LogP contribution in [0, 0.1) is 0 Å². The summed E-state index contributed by atoms with van der Waals surface area (Å²) in [5, 5.41) is 9.55. The number of halogens is 3. The molecule has 0 unspecified atom stereocenters. The lowest BCUT2D eigenvalue weighted by molar-refractivity contribution is -0.137. The number of hydrogen-bond donors (Lipinski definition) is 1. The van der Waals surface area contributed by atoms with Gasteiger partial charge in [-0.1, -0.05) is 0 Å². The Morgan fingerprint density at radius 3 is 2.62 bits per heavy atom. The molecule has 1 N–H and O–H groups in total. The topological polar surface area (TPSA) is 37.3 Å². The van der Waals surface area contributed by atoms with E-state index in [0.29, 0.717) is 11.3 Å².